The van der Waals surface area contributed by atoms with Crippen molar-refractivity contribution in [2.45, 2.75) is 26.4 Å². The number of benzene rings is 1. The average Bonchev–Trinajstić information content (AvgIpc) is 2.36. The number of carbonyl (C=O) groups excluding carboxylic acids is 1. The van der Waals surface area contributed by atoms with E-state index in [9.17, 15) is 4.79 Å². The van der Waals surface area contributed by atoms with E-state index >= 15 is 0 Å². The third-order valence-corrected chi connectivity index (χ3v) is 2.42. The summed E-state index contributed by atoms with van der Waals surface area (Å²) in [6.07, 6.45) is 1.25. The number of hydrogen-bond donors (Lipinski definition) is 4. The molecule has 0 bridgehead atoms. The highest BCUT2D eigenvalue weighted by Gasteiger charge is 2.15. The van der Waals surface area contributed by atoms with Crippen LogP contribution in [-0.4, -0.2) is 24.8 Å². The molecule has 21 heavy (non-hydrogen) atoms. The van der Waals surface area contributed by atoms with Crippen molar-refractivity contribution in [1.29, 1.82) is 0 Å². The summed E-state index contributed by atoms with van der Waals surface area (Å²) in [5.41, 5.74) is 13.2. The average molecular weight is 292 g/mol. The third-order valence-electron chi connectivity index (χ3n) is 2.42. The normalized spacial score (nSPS) is 11.9. The largest absolute Gasteiger partial charge is 0.444 e. The predicted molar refractivity (Wildman–Crippen MR) is 85.3 cm³/mol. The van der Waals surface area contributed by atoms with Gasteiger partial charge >= 0.3 is 6.09 Å². The van der Waals surface area contributed by atoms with E-state index in [1.807, 2.05) is 32.9 Å². The second-order valence-corrected chi connectivity index (χ2v) is 5.61. The van der Waals surface area contributed by atoms with E-state index in [2.05, 4.69) is 10.6 Å². The number of nitrogens with one attached hydrogen (secondary N) is 2. The van der Waals surface area contributed by atoms with Crippen LogP contribution in [0.1, 0.15) is 26.3 Å². The molecule has 1 amide bonds. The van der Waals surface area contributed by atoms with Gasteiger partial charge in [-0.05, 0) is 32.9 Å². The number of hydrogen-bond acceptors (Lipinski definition) is 5. The molecular weight excluding hydrogens is 268 g/mol. The maximum absolute atomic E-state index is 11.4. The lowest BCUT2D eigenvalue weighted by molar-refractivity contribution is 0.0529. The highest BCUT2D eigenvalue weighted by atomic mass is 16.6. The molecule has 0 aliphatic heterocycles. The van der Waals surface area contributed by atoms with E-state index in [-0.39, 0.29) is 0 Å². The van der Waals surface area contributed by atoms with Gasteiger partial charge in [0.25, 0.3) is 0 Å². The summed E-state index contributed by atoms with van der Waals surface area (Å²) in [5.74, 6) is 0. The molecule has 0 atom stereocenters. The van der Waals surface area contributed by atoms with Crippen molar-refractivity contribution in [3.8, 4) is 0 Å². The zero-order valence-corrected chi connectivity index (χ0v) is 12.8. The molecule has 0 saturated carbocycles. The molecule has 116 valence electrons. The Morgan fingerprint density at radius 2 is 2.05 bits per heavy atom. The van der Waals surface area contributed by atoms with Crippen LogP contribution in [0.25, 0.3) is 5.70 Å². The van der Waals surface area contributed by atoms with Crippen molar-refractivity contribution >= 4 is 17.5 Å². The van der Waals surface area contributed by atoms with E-state index in [1.165, 1.54) is 0 Å². The number of anilines is 1. The molecule has 0 aliphatic rings. The van der Waals surface area contributed by atoms with Crippen molar-refractivity contribution in [2.75, 3.05) is 18.8 Å². The molecule has 6 nitrogen and oxygen atoms in total. The Hall–Kier alpha value is -2.37. The molecule has 0 spiro atoms. The Morgan fingerprint density at radius 3 is 2.67 bits per heavy atom. The molecule has 0 heterocycles. The second kappa shape index (κ2) is 7.42. The van der Waals surface area contributed by atoms with Crippen LogP contribution in [0.4, 0.5) is 10.5 Å². The van der Waals surface area contributed by atoms with Crippen molar-refractivity contribution in [2.24, 2.45) is 5.73 Å². The van der Waals surface area contributed by atoms with Gasteiger partial charge in [-0.25, -0.2) is 4.79 Å². The molecule has 6 N–H and O–H groups in total. The number of alkyl carbamates (subject to hydrolysis) is 1. The molecule has 0 saturated heterocycles. The minimum absolute atomic E-state index is 0.433. The van der Waals surface area contributed by atoms with Crippen LogP contribution in [0, 0.1) is 0 Å². The molecule has 0 aromatic heterocycles. The lowest BCUT2D eigenvalue weighted by Gasteiger charge is -2.19. The lowest BCUT2D eigenvalue weighted by Crippen LogP contribution is -2.35. The van der Waals surface area contributed by atoms with Gasteiger partial charge in [-0.15, -0.1) is 0 Å². The van der Waals surface area contributed by atoms with E-state index in [0.717, 1.165) is 5.56 Å². The molecule has 1 aromatic rings. The quantitative estimate of drug-likeness (QED) is 0.488. The second-order valence-electron chi connectivity index (χ2n) is 5.61. The van der Waals surface area contributed by atoms with Gasteiger partial charge in [0.05, 0.1) is 5.70 Å². The fourth-order valence-electron chi connectivity index (χ4n) is 1.53. The van der Waals surface area contributed by atoms with E-state index in [1.54, 1.807) is 18.3 Å². The summed E-state index contributed by atoms with van der Waals surface area (Å²) in [6.45, 7) is 6.44. The first kappa shape index (κ1) is 16.7. The SMILES string of the molecule is CC(C)(C)OC(=O)NCCN/C=C(\N)c1cccc(N)c1. The maximum atomic E-state index is 11.4. The number of rotatable bonds is 5. The molecule has 1 aromatic carbocycles. The first-order valence-electron chi connectivity index (χ1n) is 6.80. The smallest absolute Gasteiger partial charge is 0.407 e. The topological polar surface area (TPSA) is 102 Å². The molecule has 0 aliphatic carbocycles. The molecule has 0 fully saturated rings. The standard InChI is InChI=1S/C15H24N4O2/c1-15(2,3)21-14(20)19-8-7-18-10-13(17)11-5-4-6-12(16)9-11/h4-6,9-10,18H,7-8,16-17H2,1-3H3,(H,19,20)/b13-10-. The lowest BCUT2D eigenvalue weighted by atomic mass is 10.1. The number of nitrogens with two attached hydrogens (primary N) is 2. The number of nitrogen functional groups attached to an aromatic ring is 1. The monoisotopic (exact) mass is 292 g/mol. The number of amides is 1. The van der Waals surface area contributed by atoms with Crippen molar-refractivity contribution in [3.63, 3.8) is 0 Å². The summed E-state index contributed by atoms with van der Waals surface area (Å²) >= 11 is 0. The van der Waals surface area contributed by atoms with Crippen LogP contribution >= 0.6 is 0 Å². The van der Waals surface area contributed by atoms with Crippen LogP contribution in [0.2, 0.25) is 0 Å². The third kappa shape index (κ3) is 7.10. The Kier molecular flexibility index (Phi) is 5.90. The Balaban J connectivity index is 2.30. The van der Waals surface area contributed by atoms with Crippen LogP contribution < -0.4 is 22.1 Å². The summed E-state index contributed by atoms with van der Waals surface area (Å²) in [4.78, 5) is 11.4. The Labute approximate surface area is 125 Å². The van der Waals surface area contributed by atoms with Gasteiger partial charge in [0, 0.05) is 30.5 Å². The van der Waals surface area contributed by atoms with E-state index < -0.39 is 11.7 Å². The summed E-state index contributed by atoms with van der Waals surface area (Å²) in [7, 11) is 0. The van der Waals surface area contributed by atoms with E-state index in [0.29, 0.717) is 24.5 Å². The van der Waals surface area contributed by atoms with Gasteiger partial charge in [-0.2, -0.15) is 0 Å². The fraction of sp³-hybridized carbons (Fsp3) is 0.400. The van der Waals surface area contributed by atoms with Gasteiger partial charge in [0.1, 0.15) is 5.60 Å². The summed E-state index contributed by atoms with van der Waals surface area (Å²) < 4.78 is 5.12. The van der Waals surface area contributed by atoms with Gasteiger partial charge in [-0.3, -0.25) is 0 Å². The minimum Gasteiger partial charge on any atom is -0.444 e. The summed E-state index contributed by atoms with van der Waals surface area (Å²) in [5, 5.41) is 5.67. The van der Waals surface area contributed by atoms with Gasteiger partial charge in [-0.1, -0.05) is 12.1 Å². The van der Waals surface area contributed by atoms with Crippen molar-refractivity contribution in [3.05, 3.63) is 36.0 Å². The predicted octanol–water partition coefficient (Wildman–Crippen LogP) is 1.64. The van der Waals surface area contributed by atoms with Crippen LogP contribution in [0.5, 0.6) is 0 Å². The number of ether oxygens (including phenoxy) is 1. The Morgan fingerprint density at radius 1 is 1.33 bits per heavy atom. The maximum Gasteiger partial charge on any atom is 0.407 e. The molecular formula is C15H24N4O2. The first-order valence-corrected chi connectivity index (χ1v) is 6.80. The van der Waals surface area contributed by atoms with Crippen LogP contribution in [0.15, 0.2) is 30.5 Å². The highest BCUT2D eigenvalue weighted by Crippen LogP contribution is 2.11. The highest BCUT2D eigenvalue weighted by molar-refractivity contribution is 5.67. The molecule has 0 radical (unpaired) electrons. The minimum atomic E-state index is -0.491. The van der Waals surface area contributed by atoms with Gasteiger partial charge in [0.15, 0.2) is 0 Å². The summed E-state index contributed by atoms with van der Waals surface area (Å²) in [6, 6.07) is 7.32. The van der Waals surface area contributed by atoms with Gasteiger partial charge in [0.2, 0.25) is 0 Å². The number of carbonyl (C=O) groups is 1. The van der Waals surface area contributed by atoms with E-state index in [4.69, 9.17) is 16.2 Å². The first-order chi connectivity index (χ1) is 9.78. The van der Waals surface area contributed by atoms with Crippen LogP contribution in [0.3, 0.4) is 0 Å². The zero-order chi connectivity index (χ0) is 15.9. The molecule has 6 heteroatoms. The zero-order valence-electron chi connectivity index (χ0n) is 12.8. The van der Waals surface area contributed by atoms with Crippen molar-refractivity contribution < 1.29 is 9.53 Å². The Bertz CT molecular complexity index is 507. The molecule has 0 unspecified atom stereocenters. The molecule has 1 rings (SSSR count). The van der Waals surface area contributed by atoms with Gasteiger partial charge < -0.3 is 26.8 Å². The van der Waals surface area contributed by atoms with Crippen LogP contribution in [-0.2, 0) is 4.74 Å². The van der Waals surface area contributed by atoms with Crippen molar-refractivity contribution in [1.82, 2.24) is 10.6 Å². The fourth-order valence-corrected chi connectivity index (χ4v) is 1.53.